The largest absolute Gasteiger partial charge is 0.497 e. The fraction of sp³-hybridized carbons (Fsp3) is 0.429. The number of fused-ring (bicyclic) bond motifs is 1. The molecular weight excluding hydrogens is 214 g/mol. The molecule has 0 spiro atoms. The Morgan fingerprint density at radius 2 is 2.18 bits per heavy atom. The van der Waals surface area contributed by atoms with Gasteiger partial charge in [-0.05, 0) is 30.2 Å². The van der Waals surface area contributed by atoms with Crippen LogP contribution in [0.15, 0.2) is 23.2 Å². The summed E-state index contributed by atoms with van der Waals surface area (Å²) in [5.41, 5.74) is 3.15. The van der Waals surface area contributed by atoms with Gasteiger partial charge < -0.3 is 9.53 Å². The van der Waals surface area contributed by atoms with E-state index in [4.69, 9.17) is 4.74 Å². The maximum atomic E-state index is 10.5. The van der Waals surface area contributed by atoms with Crippen molar-refractivity contribution in [2.45, 2.75) is 32.1 Å². The van der Waals surface area contributed by atoms with Crippen molar-refractivity contribution in [2.75, 3.05) is 7.11 Å². The number of aliphatic imine (C=N–C) groups is 1. The van der Waals surface area contributed by atoms with Crippen molar-refractivity contribution in [1.29, 1.82) is 0 Å². The van der Waals surface area contributed by atoms with Gasteiger partial charge in [0, 0.05) is 17.5 Å². The second-order valence-electron chi connectivity index (χ2n) is 4.77. The molecule has 1 aliphatic rings. The minimum absolute atomic E-state index is 0.104. The summed E-state index contributed by atoms with van der Waals surface area (Å²) in [7, 11) is 1.66. The van der Waals surface area contributed by atoms with Gasteiger partial charge in [0.15, 0.2) is 0 Å². The Hall–Kier alpha value is -1.64. The SMILES string of the molecule is COc1ccc2c(c1)C(C)(C)C(CCC=O)=N2. The zero-order chi connectivity index (χ0) is 12.5. The predicted octanol–water partition coefficient (Wildman–Crippen LogP) is 3.04. The molecule has 0 radical (unpaired) electrons. The highest BCUT2D eigenvalue weighted by atomic mass is 16.5. The van der Waals surface area contributed by atoms with Crippen molar-refractivity contribution in [3.05, 3.63) is 23.8 Å². The van der Waals surface area contributed by atoms with Gasteiger partial charge in [-0.2, -0.15) is 0 Å². The molecule has 2 rings (SSSR count). The highest BCUT2D eigenvalue weighted by molar-refractivity contribution is 6.01. The zero-order valence-electron chi connectivity index (χ0n) is 10.5. The van der Waals surface area contributed by atoms with E-state index in [1.54, 1.807) is 7.11 Å². The first-order chi connectivity index (χ1) is 8.09. The smallest absolute Gasteiger partial charge is 0.120 e. The lowest BCUT2D eigenvalue weighted by atomic mass is 9.80. The average molecular weight is 231 g/mol. The maximum Gasteiger partial charge on any atom is 0.120 e. The maximum absolute atomic E-state index is 10.5. The third-order valence-corrected chi connectivity index (χ3v) is 3.35. The number of ether oxygens (including phenoxy) is 1. The zero-order valence-corrected chi connectivity index (χ0v) is 10.5. The quantitative estimate of drug-likeness (QED) is 0.747. The highest BCUT2D eigenvalue weighted by Gasteiger charge is 2.34. The van der Waals surface area contributed by atoms with Crippen molar-refractivity contribution < 1.29 is 9.53 Å². The van der Waals surface area contributed by atoms with Crippen molar-refractivity contribution >= 4 is 17.7 Å². The Balaban J connectivity index is 2.37. The molecule has 1 aromatic rings. The molecule has 0 atom stereocenters. The molecule has 0 amide bonds. The first-order valence-corrected chi connectivity index (χ1v) is 5.80. The van der Waals surface area contributed by atoms with E-state index < -0.39 is 0 Å². The first-order valence-electron chi connectivity index (χ1n) is 5.80. The molecule has 3 nitrogen and oxygen atoms in total. The Kier molecular flexibility index (Phi) is 3.01. The van der Waals surface area contributed by atoms with Gasteiger partial charge >= 0.3 is 0 Å². The summed E-state index contributed by atoms with van der Waals surface area (Å²) in [6.07, 6.45) is 2.21. The van der Waals surface area contributed by atoms with E-state index >= 15 is 0 Å². The summed E-state index contributed by atoms with van der Waals surface area (Å²) >= 11 is 0. The van der Waals surface area contributed by atoms with E-state index in [0.717, 1.165) is 29.9 Å². The van der Waals surface area contributed by atoms with Crippen LogP contribution in [-0.2, 0) is 10.2 Å². The minimum atomic E-state index is -0.104. The van der Waals surface area contributed by atoms with Gasteiger partial charge in [0.05, 0.1) is 12.8 Å². The molecule has 0 saturated carbocycles. The molecule has 0 aliphatic carbocycles. The number of carbonyl (C=O) groups is 1. The number of aldehydes is 1. The molecule has 3 heteroatoms. The molecule has 0 saturated heterocycles. The molecule has 0 unspecified atom stereocenters. The van der Waals surface area contributed by atoms with Gasteiger partial charge in [0.25, 0.3) is 0 Å². The number of methoxy groups -OCH3 is 1. The van der Waals surface area contributed by atoms with Crippen LogP contribution in [0.5, 0.6) is 5.75 Å². The molecular formula is C14H17NO2. The Labute approximate surface area is 102 Å². The number of nitrogens with zero attached hydrogens (tertiary/aromatic N) is 1. The van der Waals surface area contributed by atoms with Crippen molar-refractivity contribution in [1.82, 2.24) is 0 Å². The minimum Gasteiger partial charge on any atom is -0.497 e. The van der Waals surface area contributed by atoms with Crippen molar-refractivity contribution in [2.24, 2.45) is 4.99 Å². The number of benzene rings is 1. The number of carbonyl (C=O) groups excluding carboxylic acids is 1. The van der Waals surface area contributed by atoms with Crippen LogP contribution in [0.2, 0.25) is 0 Å². The van der Waals surface area contributed by atoms with Crippen LogP contribution in [0, 0.1) is 0 Å². The van der Waals surface area contributed by atoms with Gasteiger partial charge in [-0.15, -0.1) is 0 Å². The first kappa shape index (κ1) is 11.8. The molecule has 1 aliphatic heterocycles. The number of hydrogen-bond donors (Lipinski definition) is 0. The van der Waals surface area contributed by atoms with Crippen LogP contribution < -0.4 is 4.74 Å². The Morgan fingerprint density at radius 3 is 2.82 bits per heavy atom. The van der Waals surface area contributed by atoms with Crippen LogP contribution in [0.4, 0.5) is 5.69 Å². The fourth-order valence-corrected chi connectivity index (χ4v) is 2.24. The molecule has 1 aromatic carbocycles. The number of hydrogen-bond acceptors (Lipinski definition) is 3. The van der Waals surface area contributed by atoms with E-state index in [1.807, 2.05) is 18.2 Å². The lowest BCUT2D eigenvalue weighted by molar-refractivity contribution is -0.107. The summed E-state index contributed by atoms with van der Waals surface area (Å²) < 4.78 is 5.24. The molecule has 0 N–H and O–H groups in total. The van der Waals surface area contributed by atoms with E-state index in [9.17, 15) is 4.79 Å². The second-order valence-corrected chi connectivity index (χ2v) is 4.77. The predicted molar refractivity (Wildman–Crippen MR) is 68.4 cm³/mol. The second kappa shape index (κ2) is 4.32. The molecule has 1 heterocycles. The van der Waals surface area contributed by atoms with Gasteiger partial charge in [-0.3, -0.25) is 4.99 Å². The monoisotopic (exact) mass is 231 g/mol. The van der Waals surface area contributed by atoms with Crippen LogP contribution in [0.1, 0.15) is 32.3 Å². The number of rotatable bonds is 4. The van der Waals surface area contributed by atoms with Crippen LogP contribution >= 0.6 is 0 Å². The molecule has 90 valence electrons. The van der Waals surface area contributed by atoms with Gasteiger partial charge in [0.2, 0.25) is 0 Å². The summed E-state index contributed by atoms with van der Waals surface area (Å²) in [5.74, 6) is 0.851. The normalized spacial score (nSPS) is 16.3. The summed E-state index contributed by atoms with van der Waals surface area (Å²) in [5, 5.41) is 0. The van der Waals surface area contributed by atoms with E-state index in [2.05, 4.69) is 18.8 Å². The van der Waals surface area contributed by atoms with Crippen molar-refractivity contribution in [3.63, 3.8) is 0 Å². The molecule has 0 fully saturated rings. The van der Waals surface area contributed by atoms with E-state index in [1.165, 1.54) is 5.56 Å². The van der Waals surface area contributed by atoms with Crippen LogP contribution in [0.25, 0.3) is 0 Å². The van der Waals surface area contributed by atoms with Gasteiger partial charge in [-0.1, -0.05) is 13.8 Å². The van der Waals surface area contributed by atoms with Gasteiger partial charge in [0.1, 0.15) is 12.0 Å². The fourth-order valence-electron chi connectivity index (χ4n) is 2.24. The molecule has 17 heavy (non-hydrogen) atoms. The van der Waals surface area contributed by atoms with E-state index in [0.29, 0.717) is 6.42 Å². The lowest BCUT2D eigenvalue weighted by Gasteiger charge is -2.22. The van der Waals surface area contributed by atoms with Crippen LogP contribution in [-0.4, -0.2) is 19.1 Å². The Morgan fingerprint density at radius 1 is 1.41 bits per heavy atom. The standard InChI is InChI=1S/C14H17NO2/c1-14(2)11-9-10(17-3)6-7-12(11)15-13(14)5-4-8-16/h6-9H,4-5H2,1-3H3. The third-order valence-electron chi connectivity index (χ3n) is 3.35. The van der Waals surface area contributed by atoms with Gasteiger partial charge in [-0.25, -0.2) is 0 Å². The summed E-state index contributed by atoms with van der Waals surface area (Å²) in [6.45, 7) is 4.28. The molecule has 0 aromatic heterocycles. The van der Waals surface area contributed by atoms with Crippen molar-refractivity contribution in [3.8, 4) is 5.75 Å². The molecule has 0 bridgehead atoms. The van der Waals surface area contributed by atoms with E-state index in [-0.39, 0.29) is 5.41 Å². The Bertz CT molecular complexity index is 475. The topological polar surface area (TPSA) is 38.7 Å². The average Bonchev–Trinajstić information content (AvgIpc) is 2.58. The summed E-state index contributed by atoms with van der Waals surface area (Å²) in [4.78, 5) is 15.1. The lowest BCUT2D eigenvalue weighted by Crippen LogP contribution is -2.25. The van der Waals surface area contributed by atoms with Crippen LogP contribution in [0.3, 0.4) is 0 Å². The highest BCUT2D eigenvalue weighted by Crippen LogP contribution is 2.42. The summed E-state index contributed by atoms with van der Waals surface area (Å²) in [6, 6.07) is 5.93. The third kappa shape index (κ3) is 1.97.